The van der Waals surface area contributed by atoms with Gasteiger partial charge in [-0.2, -0.15) is 5.26 Å². The molecule has 0 unspecified atom stereocenters. The van der Waals surface area contributed by atoms with Gasteiger partial charge in [0.25, 0.3) is 5.91 Å². The number of amides is 1. The van der Waals surface area contributed by atoms with Crippen molar-refractivity contribution >= 4 is 21.8 Å². The average molecular weight is 296 g/mol. The first kappa shape index (κ1) is 13.7. The second-order valence-corrected chi connectivity index (χ2v) is 4.53. The number of rotatable bonds is 4. The van der Waals surface area contributed by atoms with E-state index in [1.165, 1.54) is 0 Å². The summed E-state index contributed by atoms with van der Waals surface area (Å²) in [4.78, 5) is 15.9. The number of nitriles is 1. The zero-order chi connectivity index (χ0) is 12.9. The number of halogens is 1. The minimum atomic E-state index is -0.785. The topological polar surface area (TPSA) is 65.8 Å². The van der Waals surface area contributed by atoms with Crippen LogP contribution in [0.1, 0.15) is 37.0 Å². The number of carbonyl (C=O) groups is 1. The van der Waals surface area contributed by atoms with Crippen molar-refractivity contribution in [2.45, 2.75) is 32.2 Å². The lowest BCUT2D eigenvalue weighted by Gasteiger charge is -2.24. The molecule has 1 rings (SSSR count). The molecule has 0 aliphatic rings. The van der Waals surface area contributed by atoms with Crippen molar-refractivity contribution < 1.29 is 4.79 Å². The molecular formula is C12H14BrN3O. The van der Waals surface area contributed by atoms with Gasteiger partial charge in [0.1, 0.15) is 10.1 Å². The molecule has 0 saturated heterocycles. The van der Waals surface area contributed by atoms with Crippen LogP contribution in [-0.2, 0) is 0 Å². The van der Waals surface area contributed by atoms with Crippen molar-refractivity contribution in [3.63, 3.8) is 0 Å². The number of nitrogens with one attached hydrogen (secondary N) is 1. The molecule has 1 N–H and O–H groups in total. The van der Waals surface area contributed by atoms with Gasteiger partial charge < -0.3 is 5.32 Å². The molecule has 0 radical (unpaired) electrons. The second-order valence-electron chi connectivity index (χ2n) is 3.72. The summed E-state index contributed by atoms with van der Waals surface area (Å²) in [5, 5.41) is 11.9. The third kappa shape index (κ3) is 3.27. The molecule has 0 atom stereocenters. The Hall–Kier alpha value is -1.41. The molecule has 90 valence electrons. The number of hydrogen-bond donors (Lipinski definition) is 1. The summed E-state index contributed by atoms with van der Waals surface area (Å²) >= 11 is 3.21. The Morgan fingerprint density at radius 2 is 2.24 bits per heavy atom. The zero-order valence-electron chi connectivity index (χ0n) is 9.83. The van der Waals surface area contributed by atoms with Crippen molar-refractivity contribution in [3.8, 4) is 6.07 Å². The van der Waals surface area contributed by atoms with E-state index < -0.39 is 5.54 Å². The van der Waals surface area contributed by atoms with Gasteiger partial charge >= 0.3 is 0 Å². The molecule has 0 aliphatic heterocycles. The molecule has 4 nitrogen and oxygen atoms in total. The fourth-order valence-corrected chi connectivity index (χ4v) is 1.81. The smallest absolute Gasteiger partial charge is 0.252 e. The number of aromatic nitrogens is 1. The van der Waals surface area contributed by atoms with Gasteiger partial charge in [-0.25, -0.2) is 4.98 Å². The Labute approximate surface area is 109 Å². The van der Waals surface area contributed by atoms with Crippen LogP contribution in [0, 0.1) is 11.3 Å². The first-order valence-electron chi connectivity index (χ1n) is 5.42. The summed E-state index contributed by atoms with van der Waals surface area (Å²) in [6.07, 6.45) is 2.71. The average Bonchev–Trinajstić information content (AvgIpc) is 2.36. The zero-order valence-corrected chi connectivity index (χ0v) is 11.4. The summed E-state index contributed by atoms with van der Waals surface area (Å²) in [7, 11) is 0. The van der Waals surface area contributed by atoms with E-state index in [-0.39, 0.29) is 5.91 Å². The molecule has 1 aromatic heterocycles. The molecule has 0 fully saturated rings. The van der Waals surface area contributed by atoms with Crippen molar-refractivity contribution in [1.82, 2.24) is 10.3 Å². The standard InChI is InChI=1S/C12H14BrN3O/c1-3-12(4-2,8-14)16-11(17)9-5-6-15-10(13)7-9/h5-7H,3-4H2,1-2H3,(H,16,17). The third-order valence-corrected chi connectivity index (χ3v) is 3.20. The maximum atomic E-state index is 12.0. The summed E-state index contributed by atoms with van der Waals surface area (Å²) in [6.45, 7) is 3.77. The van der Waals surface area contributed by atoms with Crippen LogP contribution in [0.4, 0.5) is 0 Å². The van der Waals surface area contributed by atoms with Gasteiger partial charge in [0, 0.05) is 11.8 Å². The van der Waals surface area contributed by atoms with Crippen LogP contribution in [0.3, 0.4) is 0 Å². The lowest BCUT2D eigenvalue weighted by molar-refractivity contribution is 0.0915. The molecule has 0 aliphatic carbocycles. The maximum absolute atomic E-state index is 12.0. The molecule has 1 aromatic rings. The number of nitrogens with zero attached hydrogens (tertiary/aromatic N) is 2. The van der Waals surface area contributed by atoms with E-state index in [4.69, 9.17) is 5.26 Å². The van der Waals surface area contributed by atoms with E-state index in [0.717, 1.165) is 0 Å². The van der Waals surface area contributed by atoms with Gasteiger partial charge in [-0.1, -0.05) is 13.8 Å². The van der Waals surface area contributed by atoms with Gasteiger partial charge in [-0.3, -0.25) is 4.79 Å². The molecule has 0 spiro atoms. The van der Waals surface area contributed by atoms with Crippen LogP contribution in [0.15, 0.2) is 22.9 Å². The number of hydrogen-bond acceptors (Lipinski definition) is 3. The van der Waals surface area contributed by atoms with Gasteiger partial charge in [-0.15, -0.1) is 0 Å². The minimum absolute atomic E-state index is 0.252. The SMILES string of the molecule is CCC(C#N)(CC)NC(=O)c1ccnc(Br)c1. The van der Waals surface area contributed by atoms with E-state index in [1.807, 2.05) is 13.8 Å². The van der Waals surface area contributed by atoms with Gasteiger partial charge in [0.2, 0.25) is 0 Å². The van der Waals surface area contributed by atoms with Gasteiger partial charge in [0.05, 0.1) is 6.07 Å². The largest absolute Gasteiger partial charge is 0.334 e. The van der Waals surface area contributed by atoms with Crippen molar-refractivity contribution in [1.29, 1.82) is 5.26 Å². The second kappa shape index (κ2) is 5.78. The molecule has 0 bridgehead atoms. The summed E-state index contributed by atoms with van der Waals surface area (Å²) in [6, 6.07) is 5.42. The Morgan fingerprint density at radius 1 is 1.59 bits per heavy atom. The van der Waals surface area contributed by atoms with Crippen LogP contribution in [0.25, 0.3) is 0 Å². The van der Waals surface area contributed by atoms with Crippen LogP contribution in [-0.4, -0.2) is 16.4 Å². The quantitative estimate of drug-likeness (QED) is 0.869. The van der Waals surface area contributed by atoms with Gasteiger partial charge in [0.15, 0.2) is 0 Å². The number of pyridine rings is 1. The normalized spacial score (nSPS) is 10.7. The van der Waals surface area contributed by atoms with E-state index in [2.05, 4.69) is 32.3 Å². The lowest BCUT2D eigenvalue weighted by Crippen LogP contribution is -2.46. The van der Waals surface area contributed by atoms with Crippen molar-refractivity contribution in [2.75, 3.05) is 0 Å². The van der Waals surface area contributed by atoms with E-state index in [1.54, 1.807) is 18.3 Å². The highest BCUT2D eigenvalue weighted by atomic mass is 79.9. The van der Waals surface area contributed by atoms with E-state index in [0.29, 0.717) is 23.0 Å². The summed E-state index contributed by atoms with van der Waals surface area (Å²) in [5.41, 5.74) is -0.291. The predicted octanol–water partition coefficient (Wildman–Crippen LogP) is 2.66. The van der Waals surface area contributed by atoms with Crippen LogP contribution in [0.5, 0.6) is 0 Å². The molecular weight excluding hydrogens is 282 g/mol. The highest BCUT2D eigenvalue weighted by Gasteiger charge is 2.28. The van der Waals surface area contributed by atoms with Crippen LogP contribution < -0.4 is 5.32 Å². The van der Waals surface area contributed by atoms with Crippen LogP contribution in [0.2, 0.25) is 0 Å². The third-order valence-electron chi connectivity index (χ3n) is 2.76. The first-order chi connectivity index (χ1) is 8.06. The predicted molar refractivity (Wildman–Crippen MR) is 68.3 cm³/mol. The van der Waals surface area contributed by atoms with Crippen molar-refractivity contribution in [3.05, 3.63) is 28.5 Å². The van der Waals surface area contributed by atoms with E-state index in [9.17, 15) is 4.79 Å². The Kier molecular flexibility index (Phi) is 4.64. The molecule has 17 heavy (non-hydrogen) atoms. The Bertz CT molecular complexity index is 449. The molecule has 0 saturated carbocycles. The molecule has 0 aromatic carbocycles. The fourth-order valence-electron chi connectivity index (χ4n) is 1.45. The minimum Gasteiger partial charge on any atom is -0.334 e. The van der Waals surface area contributed by atoms with E-state index >= 15 is 0 Å². The first-order valence-corrected chi connectivity index (χ1v) is 6.21. The van der Waals surface area contributed by atoms with Crippen LogP contribution >= 0.6 is 15.9 Å². The fraction of sp³-hybridized carbons (Fsp3) is 0.417. The lowest BCUT2D eigenvalue weighted by atomic mass is 9.94. The molecule has 1 heterocycles. The summed E-state index contributed by atoms with van der Waals surface area (Å²) in [5.74, 6) is -0.252. The molecule has 5 heteroatoms. The Morgan fingerprint density at radius 3 is 2.71 bits per heavy atom. The van der Waals surface area contributed by atoms with Crippen molar-refractivity contribution in [2.24, 2.45) is 0 Å². The van der Waals surface area contributed by atoms with Gasteiger partial charge in [-0.05, 0) is 40.9 Å². The number of carbonyl (C=O) groups excluding carboxylic acids is 1. The summed E-state index contributed by atoms with van der Waals surface area (Å²) < 4.78 is 0.598. The molecule has 1 amide bonds. The Balaban J connectivity index is 2.89. The monoisotopic (exact) mass is 295 g/mol. The highest BCUT2D eigenvalue weighted by molar-refractivity contribution is 9.10. The highest BCUT2D eigenvalue weighted by Crippen LogP contribution is 2.15. The maximum Gasteiger partial charge on any atom is 0.252 e.